The number of aliphatic hydroxyl groups is 1. The van der Waals surface area contributed by atoms with Gasteiger partial charge in [-0.05, 0) is 122 Å². The number of fused-ring (bicyclic) bond motifs is 1. The van der Waals surface area contributed by atoms with Gasteiger partial charge in [0.15, 0.2) is 5.67 Å². The molecule has 0 aromatic heterocycles. The number of guanidine groups is 1. The molecular weight excluding hydrogens is 858 g/mol. The summed E-state index contributed by atoms with van der Waals surface area (Å²) in [5.41, 5.74) is -2.70. The van der Waals surface area contributed by atoms with E-state index in [4.69, 9.17) is 9.98 Å². The first-order valence-corrected chi connectivity index (χ1v) is 25.3. The second-order valence-corrected chi connectivity index (χ2v) is 23.4. The highest BCUT2D eigenvalue weighted by Crippen LogP contribution is 2.53. The number of piperidine rings is 4. The molecular formula is C46H62FN9O8S. The van der Waals surface area contributed by atoms with Crippen molar-refractivity contribution in [1.29, 1.82) is 0 Å². The number of hydrogen-bond donors (Lipinski definition) is 3. The van der Waals surface area contributed by atoms with Gasteiger partial charge in [-0.1, -0.05) is 6.08 Å². The molecule has 0 aromatic rings. The molecule has 5 amide bonds. The summed E-state index contributed by atoms with van der Waals surface area (Å²) in [5.74, 6) is -1.55. The standard InChI is InChI=1S/C46H62FN9O8S/c1-43-14-8-37(58)56(34-5-4-13-45(34,3)62)41(43)51-42(48-27-43)49-28-9-19-54(20-10-28)65(63,64)30-11-17-52(18-12-30)29-24-46(25-29)15-21-53(22-16-46)35-23-31-32(26-44(35,2)47)40(61)55(39(31)60)33-6-7-36(57)50-38(33)59/h8,14,23,28-30,33-34,62H,4-7,9-13,15-22,24-27H2,1-3H3,(H,48,49)(H,50,57,59)/t33?,34-,43?,44?,45-/m1/s1. The van der Waals surface area contributed by atoms with Gasteiger partial charge in [0.05, 0.1) is 40.1 Å². The second kappa shape index (κ2) is 15.9. The number of nitrogens with one attached hydrogen (secondary N) is 2. The Bertz CT molecular complexity index is 2340. The Morgan fingerprint density at radius 1 is 0.877 bits per heavy atom. The Labute approximate surface area is 379 Å². The van der Waals surface area contributed by atoms with Gasteiger partial charge in [0.25, 0.3) is 17.7 Å². The number of nitrogens with zero attached hydrogens (tertiary/aromatic N) is 7. The van der Waals surface area contributed by atoms with E-state index in [0.717, 1.165) is 50.1 Å². The summed E-state index contributed by atoms with van der Waals surface area (Å²) in [6.07, 6.45) is 13.1. The highest BCUT2D eigenvalue weighted by Gasteiger charge is 2.54. The Kier molecular flexibility index (Phi) is 10.9. The van der Waals surface area contributed by atoms with Crippen LogP contribution < -0.4 is 10.6 Å². The molecule has 5 atom stereocenters. The second-order valence-electron chi connectivity index (χ2n) is 21.2. The number of sulfonamides is 1. The summed E-state index contributed by atoms with van der Waals surface area (Å²) in [6, 6.07) is -1.09. The van der Waals surface area contributed by atoms with Gasteiger partial charge in [-0.3, -0.25) is 39.1 Å². The topological polar surface area (TPSA) is 205 Å². The van der Waals surface area contributed by atoms with Crippen molar-refractivity contribution < 1.29 is 41.9 Å². The molecule has 3 aliphatic carbocycles. The highest BCUT2D eigenvalue weighted by atomic mass is 32.2. The Morgan fingerprint density at radius 3 is 2.25 bits per heavy atom. The van der Waals surface area contributed by atoms with Crippen molar-refractivity contribution >= 4 is 51.4 Å². The lowest BCUT2D eigenvalue weighted by molar-refractivity contribution is -0.150. The zero-order valence-electron chi connectivity index (χ0n) is 37.7. The fraction of sp³-hybridized carbons (Fsp3) is 0.717. The molecule has 10 aliphatic rings. The first-order chi connectivity index (χ1) is 30.8. The molecule has 1 spiro atoms. The average Bonchev–Trinajstić information content (AvgIpc) is 3.72. The van der Waals surface area contributed by atoms with E-state index in [2.05, 4.69) is 15.5 Å². The van der Waals surface area contributed by atoms with Crippen LogP contribution in [-0.2, 0) is 34.0 Å². The summed E-state index contributed by atoms with van der Waals surface area (Å²) >= 11 is 0. The zero-order chi connectivity index (χ0) is 45.8. The van der Waals surface area contributed by atoms with Crippen LogP contribution in [0.1, 0.15) is 111 Å². The number of rotatable bonds is 7. The third kappa shape index (κ3) is 7.69. The number of halogens is 1. The molecule has 0 radical (unpaired) electrons. The van der Waals surface area contributed by atoms with E-state index in [-0.39, 0.29) is 53.8 Å². The average molecular weight is 920 g/mol. The Hall–Kier alpha value is -4.33. The molecule has 7 heterocycles. The highest BCUT2D eigenvalue weighted by molar-refractivity contribution is 7.89. The van der Waals surface area contributed by atoms with E-state index >= 15 is 4.39 Å². The maximum Gasteiger partial charge on any atom is 0.262 e. The van der Waals surface area contributed by atoms with E-state index < -0.39 is 61.6 Å². The largest absolute Gasteiger partial charge is 0.388 e. The first-order valence-electron chi connectivity index (χ1n) is 23.8. The van der Waals surface area contributed by atoms with Crippen molar-refractivity contribution in [2.24, 2.45) is 20.8 Å². The third-order valence-corrected chi connectivity index (χ3v) is 19.1. The molecule has 352 valence electrons. The molecule has 10 rings (SSSR count). The van der Waals surface area contributed by atoms with Gasteiger partial charge in [0, 0.05) is 62.8 Å². The number of alkyl halides is 1. The van der Waals surface area contributed by atoms with E-state index in [1.807, 2.05) is 17.9 Å². The Morgan fingerprint density at radius 2 is 1.58 bits per heavy atom. The summed E-state index contributed by atoms with van der Waals surface area (Å²) in [5, 5.41) is 16.4. The predicted octanol–water partition coefficient (Wildman–Crippen LogP) is 2.04. The van der Waals surface area contributed by atoms with E-state index in [1.165, 1.54) is 13.0 Å². The van der Waals surface area contributed by atoms with Crippen LogP contribution in [0.3, 0.4) is 0 Å². The maximum atomic E-state index is 16.4. The van der Waals surface area contributed by atoms with Crippen LogP contribution in [0.25, 0.3) is 0 Å². The van der Waals surface area contributed by atoms with Crippen LogP contribution >= 0.6 is 0 Å². The number of likely N-dealkylation sites (tertiary alicyclic amines) is 2. The van der Waals surface area contributed by atoms with Gasteiger partial charge in [-0.15, -0.1) is 0 Å². The van der Waals surface area contributed by atoms with Crippen molar-refractivity contribution in [2.75, 3.05) is 45.8 Å². The number of allylic oxidation sites excluding steroid dienone is 1. The minimum atomic E-state index is -3.49. The molecule has 65 heavy (non-hydrogen) atoms. The normalized spacial score (nSPS) is 35.6. The number of amidine groups is 1. The van der Waals surface area contributed by atoms with Gasteiger partial charge in [0.2, 0.25) is 27.8 Å². The predicted molar refractivity (Wildman–Crippen MR) is 237 cm³/mol. The minimum absolute atomic E-state index is 0.0162. The number of amides is 5. The van der Waals surface area contributed by atoms with Crippen LogP contribution in [0.5, 0.6) is 0 Å². The number of aliphatic imine (C=N–C) groups is 2. The van der Waals surface area contributed by atoms with Gasteiger partial charge in [-0.2, -0.15) is 4.99 Å². The van der Waals surface area contributed by atoms with Crippen molar-refractivity contribution in [3.8, 4) is 0 Å². The molecule has 7 aliphatic heterocycles. The van der Waals surface area contributed by atoms with Crippen LogP contribution in [0.4, 0.5) is 4.39 Å². The van der Waals surface area contributed by atoms with Crippen molar-refractivity contribution in [3.05, 3.63) is 35.1 Å². The molecule has 6 fully saturated rings. The fourth-order valence-corrected chi connectivity index (χ4v) is 14.6. The first kappa shape index (κ1) is 44.5. The molecule has 3 unspecified atom stereocenters. The number of hydrogen-bond acceptors (Lipinski definition) is 13. The molecule has 3 N–H and O–H groups in total. The van der Waals surface area contributed by atoms with Gasteiger partial charge >= 0.3 is 0 Å². The molecule has 0 bridgehead atoms. The number of carbonyl (C=O) groups is 5. The molecule has 0 aromatic carbocycles. The van der Waals surface area contributed by atoms with Crippen LogP contribution in [0.15, 0.2) is 45.1 Å². The molecule has 4 saturated heterocycles. The van der Waals surface area contributed by atoms with Crippen LogP contribution in [0, 0.1) is 10.8 Å². The van der Waals surface area contributed by atoms with Crippen molar-refractivity contribution in [3.63, 3.8) is 0 Å². The van der Waals surface area contributed by atoms with E-state index in [1.54, 1.807) is 22.2 Å². The third-order valence-electron chi connectivity index (χ3n) is 16.7. The quantitative estimate of drug-likeness (QED) is 0.316. The Balaban J connectivity index is 0.689. The summed E-state index contributed by atoms with van der Waals surface area (Å²) in [7, 11) is -3.49. The monoisotopic (exact) mass is 919 g/mol. The van der Waals surface area contributed by atoms with E-state index in [9.17, 15) is 37.5 Å². The summed E-state index contributed by atoms with van der Waals surface area (Å²) < 4.78 is 46.0. The number of carbonyl (C=O) groups excluding carboxylic acids is 5. The molecule has 2 saturated carbocycles. The summed E-state index contributed by atoms with van der Waals surface area (Å²) in [6.45, 7) is 9.18. The molecule has 19 heteroatoms. The smallest absolute Gasteiger partial charge is 0.262 e. The maximum absolute atomic E-state index is 16.4. The SMILES string of the molecule is CC1(F)CC2=C(C=C1N1CCC3(CC1)CC(N1CCC(S(=O)(=O)N4CCC(NC5=NCC6(C)C=CC(=O)N([C@@H]7CCC[C@@]7(C)O)C6=N5)CC4)CC1)C3)C(=O)N(C1CCC(=O)NC1=O)C2=O. The van der Waals surface area contributed by atoms with Crippen LogP contribution in [-0.4, -0.2) is 165 Å². The van der Waals surface area contributed by atoms with Crippen LogP contribution in [0.2, 0.25) is 0 Å². The number of imide groups is 2. The van der Waals surface area contributed by atoms with Gasteiger partial charge < -0.3 is 20.2 Å². The zero-order valence-corrected chi connectivity index (χ0v) is 38.5. The summed E-state index contributed by atoms with van der Waals surface area (Å²) in [4.78, 5) is 81.0. The lowest BCUT2D eigenvalue weighted by Gasteiger charge is -2.57. The van der Waals surface area contributed by atoms with Gasteiger partial charge in [0.1, 0.15) is 11.9 Å². The molecule has 17 nitrogen and oxygen atoms in total. The minimum Gasteiger partial charge on any atom is -0.388 e. The van der Waals surface area contributed by atoms with Gasteiger partial charge in [-0.25, -0.2) is 22.1 Å². The lowest BCUT2D eigenvalue weighted by Crippen LogP contribution is -2.60. The van der Waals surface area contributed by atoms with Crippen molar-refractivity contribution in [2.45, 2.75) is 151 Å². The van der Waals surface area contributed by atoms with Crippen molar-refractivity contribution in [1.82, 2.24) is 34.5 Å². The lowest BCUT2D eigenvalue weighted by atomic mass is 9.59. The van der Waals surface area contributed by atoms with E-state index in [0.29, 0.717) is 94.8 Å². The fourth-order valence-electron chi connectivity index (χ4n) is 12.7.